The van der Waals surface area contributed by atoms with E-state index < -0.39 is 11.4 Å². The molecule has 0 radical (unpaired) electrons. The van der Waals surface area contributed by atoms with E-state index >= 15 is 0 Å². The molecule has 0 unspecified atom stereocenters. The van der Waals surface area contributed by atoms with E-state index in [1.54, 1.807) is 12.1 Å². The van der Waals surface area contributed by atoms with Gasteiger partial charge in [-0.15, -0.1) is 0 Å². The minimum atomic E-state index is -0.977. The molecule has 16 heavy (non-hydrogen) atoms. The standard InChI is InChI=1S/C11H13FN2O2/c12-8-3-1-2-4-9(8)14-10(15)5-11(16)6-13-7-11/h1-4,13,16H,5-7H2,(H,14,15). The van der Waals surface area contributed by atoms with Crippen molar-refractivity contribution in [2.24, 2.45) is 0 Å². The Morgan fingerprint density at radius 1 is 1.50 bits per heavy atom. The lowest BCUT2D eigenvalue weighted by Crippen LogP contribution is -2.60. The number of rotatable bonds is 3. The van der Waals surface area contributed by atoms with Gasteiger partial charge in [-0.2, -0.15) is 0 Å². The molecule has 2 rings (SSSR count). The van der Waals surface area contributed by atoms with Gasteiger partial charge in [0.25, 0.3) is 0 Å². The molecule has 1 amide bonds. The van der Waals surface area contributed by atoms with Gasteiger partial charge in [-0.3, -0.25) is 4.79 Å². The van der Waals surface area contributed by atoms with Crippen LogP contribution in [0.15, 0.2) is 24.3 Å². The first kappa shape index (κ1) is 11.0. The Labute approximate surface area is 92.5 Å². The highest BCUT2D eigenvalue weighted by Gasteiger charge is 2.36. The maximum Gasteiger partial charge on any atom is 0.227 e. The summed E-state index contributed by atoms with van der Waals surface area (Å²) in [7, 11) is 0. The summed E-state index contributed by atoms with van der Waals surface area (Å²) in [6.07, 6.45) is -0.0195. The maximum atomic E-state index is 13.2. The number of carbonyl (C=O) groups excluding carboxylic acids is 1. The van der Waals surface area contributed by atoms with Crippen molar-refractivity contribution in [2.45, 2.75) is 12.0 Å². The lowest BCUT2D eigenvalue weighted by Gasteiger charge is -2.36. The molecule has 0 spiro atoms. The summed E-state index contributed by atoms with van der Waals surface area (Å²) in [5.41, 5.74) is -0.835. The second kappa shape index (κ2) is 4.19. The van der Waals surface area contributed by atoms with Crippen molar-refractivity contribution in [3.63, 3.8) is 0 Å². The van der Waals surface area contributed by atoms with E-state index in [9.17, 15) is 14.3 Å². The second-order valence-corrected chi connectivity index (χ2v) is 4.03. The first-order valence-corrected chi connectivity index (χ1v) is 5.07. The Morgan fingerprint density at radius 2 is 2.19 bits per heavy atom. The van der Waals surface area contributed by atoms with E-state index in [-0.39, 0.29) is 18.0 Å². The number of aliphatic hydroxyl groups is 1. The Morgan fingerprint density at radius 3 is 2.75 bits per heavy atom. The average molecular weight is 224 g/mol. The van der Waals surface area contributed by atoms with Gasteiger partial charge in [-0.1, -0.05) is 12.1 Å². The minimum absolute atomic E-state index is 0.0195. The van der Waals surface area contributed by atoms with Gasteiger partial charge in [-0.25, -0.2) is 4.39 Å². The van der Waals surface area contributed by atoms with Gasteiger partial charge in [0, 0.05) is 13.1 Å². The van der Waals surface area contributed by atoms with Crippen LogP contribution < -0.4 is 10.6 Å². The zero-order valence-electron chi connectivity index (χ0n) is 8.66. The summed E-state index contributed by atoms with van der Waals surface area (Å²) in [5, 5.41) is 15.0. The molecule has 0 atom stereocenters. The summed E-state index contributed by atoms with van der Waals surface area (Å²) >= 11 is 0. The molecular weight excluding hydrogens is 211 g/mol. The lowest BCUT2D eigenvalue weighted by molar-refractivity contribution is -0.123. The second-order valence-electron chi connectivity index (χ2n) is 4.03. The van der Waals surface area contributed by atoms with Gasteiger partial charge < -0.3 is 15.7 Å². The van der Waals surface area contributed by atoms with Gasteiger partial charge >= 0.3 is 0 Å². The van der Waals surface area contributed by atoms with Crippen molar-refractivity contribution in [1.29, 1.82) is 0 Å². The number of amides is 1. The number of hydrogen-bond acceptors (Lipinski definition) is 3. The van der Waals surface area contributed by atoms with Crippen LogP contribution in [0.2, 0.25) is 0 Å². The number of hydrogen-bond donors (Lipinski definition) is 3. The zero-order valence-corrected chi connectivity index (χ0v) is 8.66. The van der Waals surface area contributed by atoms with Crippen LogP contribution in [0.5, 0.6) is 0 Å². The molecule has 0 aliphatic carbocycles. The van der Waals surface area contributed by atoms with E-state index in [4.69, 9.17) is 0 Å². The van der Waals surface area contributed by atoms with Crippen molar-refractivity contribution in [2.75, 3.05) is 18.4 Å². The number of anilines is 1. The number of nitrogens with one attached hydrogen (secondary N) is 2. The Hall–Kier alpha value is -1.46. The number of carbonyl (C=O) groups is 1. The molecule has 0 aromatic heterocycles. The molecule has 86 valence electrons. The summed E-state index contributed by atoms with van der Waals surface area (Å²) in [4.78, 5) is 11.5. The van der Waals surface area contributed by atoms with Crippen molar-refractivity contribution in [3.8, 4) is 0 Å². The van der Waals surface area contributed by atoms with Gasteiger partial charge in [0.2, 0.25) is 5.91 Å². The molecule has 1 aliphatic rings. The van der Waals surface area contributed by atoms with Gasteiger partial charge in [0.1, 0.15) is 5.82 Å². The topological polar surface area (TPSA) is 61.4 Å². The Kier molecular flexibility index (Phi) is 2.89. The highest BCUT2D eigenvalue weighted by Crippen LogP contribution is 2.18. The van der Waals surface area contributed by atoms with Crippen molar-refractivity contribution >= 4 is 11.6 Å². The van der Waals surface area contributed by atoms with E-state index in [0.29, 0.717) is 13.1 Å². The smallest absolute Gasteiger partial charge is 0.227 e. The van der Waals surface area contributed by atoms with Gasteiger partial charge in [0.15, 0.2) is 0 Å². The number of halogens is 1. The molecule has 1 fully saturated rings. The molecular formula is C11H13FN2O2. The molecule has 3 N–H and O–H groups in total. The molecule has 4 nitrogen and oxygen atoms in total. The third-order valence-electron chi connectivity index (χ3n) is 2.55. The molecule has 1 aromatic carbocycles. The third-order valence-corrected chi connectivity index (χ3v) is 2.55. The van der Waals surface area contributed by atoms with E-state index in [1.165, 1.54) is 12.1 Å². The van der Waals surface area contributed by atoms with Crippen LogP contribution in [0, 0.1) is 5.82 Å². The summed E-state index contributed by atoms with van der Waals surface area (Å²) in [6, 6.07) is 5.94. The monoisotopic (exact) mass is 224 g/mol. The molecule has 1 saturated heterocycles. The van der Waals surface area contributed by atoms with Gasteiger partial charge in [0.05, 0.1) is 17.7 Å². The van der Waals surface area contributed by atoms with Crippen LogP contribution in [-0.2, 0) is 4.79 Å². The Bertz CT molecular complexity index is 405. The molecule has 1 heterocycles. The van der Waals surface area contributed by atoms with Crippen LogP contribution in [-0.4, -0.2) is 29.7 Å². The summed E-state index contributed by atoms with van der Waals surface area (Å²) in [6.45, 7) is 0.801. The molecule has 1 aliphatic heterocycles. The number of para-hydroxylation sites is 1. The highest BCUT2D eigenvalue weighted by molar-refractivity contribution is 5.91. The quantitative estimate of drug-likeness (QED) is 0.700. The van der Waals surface area contributed by atoms with E-state index in [0.717, 1.165) is 0 Å². The van der Waals surface area contributed by atoms with Crippen LogP contribution in [0.1, 0.15) is 6.42 Å². The molecule has 0 bridgehead atoms. The SMILES string of the molecule is O=C(CC1(O)CNC1)Nc1ccccc1F. The van der Waals surface area contributed by atoms with Crippen molar-refractivity contribution < 1.29 is 14.3 Å². The zero-order chi connectivity index (χ0) is 11.6. The van der Waals surface area contributed by atoms with Crippen LogP contribution in [0.4, 0.5) is 10.1 Å². The number of benzene rings is 1. The average Bonchev–Trinajstić information content (AvgIpc) is 2.19. The largest absolute Gasteiger partial charge is 0.387 e. The van der Waals surface area contributed by atoms with Crippen molar-refractivity contribution in [1.82, 2.24) is 5.32 Å². The van der Waals surface area contributed by atoms with E-state index in [1.807, 2.05) is 0 Å². The summed E-state index contributed by atoms with van der Waals surface area (Å²) in [5.74, 6) is -0.858. The predicted molar refractivity (Wildman–Crippen MR) is 57.5 cm³/mol. The molecule has 5 heteroatoms. The molecule has 0 saturated carbocycles. The normalized spacial score (nSPS) is 17.6. The fraction of sp³-hybridized carbons (Fsp3) is 0.364. The van der Waals surface area contributed by atoms with Crippen molar-refractivity contribution in [3.05, 3.63) is 30.1 Å². The van der Waals surface area contributed by atoms with E-state index in [2.05, 4.69) is 10.6 Å². The van der Waals surface area contributed by atoms with Crippen LogP contribution in [0.3, 0.4) is 0 Å². The Balaban J connectivity index is 1.95. The van der Waals surface area contributed by atoms with Crippen LogP contribution >= 0.6 is 0 Å². The summed E-state index contributed by atoms with van der Waals surface area (Å²) < 4.78 is 13.2. The van der Waals surface area contributed by atoms with Crippen LogP contribution in [0.25, 0.3) is 0 Å². The fourth-order valence-electron chi connectivity index (χ4n) is 1.59. The number of β-amino-alcohol motifs (C(OH)–C–C–N with tert-alkyl or cyclic N) is 1. The van der Waals surface area contributed by atoms with Gasteiger partial charge in [-0.05, 0) is 12.1 Å². The lowest BCUT2D eigenvalue weighted by atomic mass is 9.93. The predicted octanol–water partition coefficient (Wildman–Crippen LogP) is 0.489. The molecule has 1 aromatic rings. The highest BCUT2D eigenvalue weighted by atomic mass is 19.1. The maximum absolute atomic E-state index is 13.2. The first-order chi connectivity index (χ1) is 7.59. The third kappa shape index (κ3) is 2.37. The minimum Gasteiger partial charge on any atom is -0.387 e. The first-order valence-electron chi connectivity index (χ1n) is 5.07. The fourth-order valence-corrected chi connectivity index (χ4v) is 1.59.